The van der Waals surface area contributed by atoms with E-state index in [-0.39, 0.29) is 18.8 Å². The molecule has 0 fully saturated rings. The number of carbonyl (C=O) groups is 5. The number of hydrogen-bond acceptors (Lipinski definition) is 7. The van der Waals surface area contributed by atoms with Crippen LogP contribution in [0.3, 0.4) is 0 Å². The van der Waals surface area contributed by atoms with E-state index in [0.29, 0.717) is 17.7 Å². The number of carbonyl (C=O) groups excluding carboxylic acids is 3. The van der Waals surface area contributed by atoms with Crippen molar-refractivity contribution in [2.45, 2.75) is 63.7 Å². The molecule has 36 heavy (non-hydrogen) atoms. The van der Waals surface area contributed by atoms with E-state index in [2.05, 4.69) is 16.0 Å². The number of aliphatic carboxylic acids is 2. The van der Waals surface area contributed by atoms with Crippen LogP contribution in [0.4, 0.5) is 0 Å². The molecule has 0 aliphatic rings. The van der Waals surface area contributed by atoms with Crippen LogP contribution in [0, 0.1) is 5.92 Å². The first-order valence-corrected chi connectivity index (χ1v) is 13.0. The number of thioether (sulfide) groups is 1. The minimum absolute atomic E-state index is 0.0212. The lowest BCUT2D eigenvalue weighted by Gasteiger charge is -2.25. The fraction of sp³-hybridized carbons (Fsp3) is 0.542. The van der Waals surface area contributed by atoms with E-state index in [9.17, 15) is 34.2 Å². The molecule has 0 radical (unpaired) electrons. The van der Waals surface area contributed by atoms with Crippen molar-refractivity contribution in [3.63, 3.8) is 0 Å². The molecule has 1 aromatic carbocycles. The van der Waals surface area contributed by atoms with Gasteiger partial charge in [-0.1, -0.05) is 50.6 Å². The minimum atomic E-state index is -1.48. The Hall–Kier alpha value is -3.12. The third-order valence-electron chi connectivity index (χ3n) is 5.71. The number of nitrogens with one attached hydrogen (secondary N) is 3. The highest BCUT2D eigenvalue weighted by Crippen LogP contribution is 2.09. The molecular weight excluding hydrogens is 488 g/mol. The summed E-state index contributed by atoms with van der Waals surface area (Å²) in [5.74, 6) is -4.57. The lowest BCUT2D eigenvalue weighted by Crippen LogP contribution is -2.58. The van der Waals surface area contributed by atoms with Crippen LogP contribution in [0.2, 0.25) is 0 Å². The second-order valence-electron chi connectivity index (χ2n) is 8.50. The van der Waals surface area contributed by atoms with Gasteiger partial charge < -0.3 is 31.9 Å². The van der Waals surface area contributed by atoms with Crippen molar-refractivity contribution >= 4 is 41.4 Å². The van der Waals surface area contributed by atoms with Crippen LogP contribution in [-0.2, 0) is 30.4 Å². The number of hydrogen-bond donors (Lipinski definition) is 6. The van der Waals surface area contributed by atoms with Crippen molar-refractivity contribution in [3.05, 3.63) is 35.9 Å². The topological polar surface area (TPSA) is 188 Å². The molecule has 7 N–H and O–H groups in total. The average molecular weight is 525 g/mol. The van der Waals surface area contributed by atoms with Crippen LogP contribution in [0.25, 0.3) is 0 Å². The molecule has 0 saturated heterocycles. The Morgan fingerprint density at radius 1 is 0.917 bits per heavy atom. The highest BCUT2D eigenvalue weighted by atomic mass is 32.2. The van der Waals surface area contributed by atoms with Gasteiger partial charge >= 0.3 is 11.9 Å². The Morgan fingerprint density at radius 2 is 1.47 bits per heavy atom. The van der Waals surface area contributed by atoms with Gasteiger partial charge in [0.25, 0.3) is 0 Å². The maximum Gasteiger partial charge on any atom is 0.326 e. The van der Waals surface area contributed by atoms with Gasteiger partial charge in [-0.25, -0.2) is 4.79 Å². The molecule has 0 aromatic heterocycles. The first-order valence-electron chi connectivity index (χ1n) is 11.6. The SMILES string of the molecule is CCC(C)C(N)C(=O)NC(CC(=O)O)C(=O)NC(Cc1ccccc1)C(=O)NC(CCSC)C(=O)O. The molecule has 12 heteroatoms. The van der Waals surface area contributed by atoms with Crippen LogP contribution in [-0.4, -0.2) is 76.0 Å². The summed E-state index contributed by atoms with van der Waals surface area (Å²) in [5.41, 5.74) is 6.60. The van der Waals surface area contributed by atoms with Gasteiger partial charge in [0.2, 0.25) is 17.7 Å². The largest absolute Gasteiger partial charge is 0.481 e. The maximum absolute atomic E-state index is 13.0. The van der Waals surface area contributed by atoms with Crippen molar-refractivity contribution in [1.29, 1.82) is 0 Å². The van der Waals surface area contributed by atoms with Crippen molar-refractivity contribution in [2.75, 3.05) is 12.0 Å². The third kappa shape index (κ3) is 10.6. The summed E-state index contributed by atoms with van der Waals surface area (Å²) < 4.78 is 0. The van der Waals surface area contributed by atoms with Gasteiger partial charge in [-0.3, -0.25) is 19.2 Å². The van der Waals surface area contributed by atoms with E-state index in [0.717, 1.165) is 0 Å². The number of carboxylic acids is 2. The number of rotatable bonds is 16. The lowest BCUT2D eigenvalue weighted by atomic mass is 9.98. The van der Waals surface area contributed by atoms with Crippen LogP contribution in [0.5, 0.6) is 0 Å². The van der Waals surface area contributed by atoms with Gasteiger partial charge in [0.05, 0.1) is 12.5 Å². The molecular formula is C24H36N4O7S. The monoisotopic (exact) mass is 524 g/mol. The van der Waals surface area contributed by atoms with Crippen molar-refractivity contribution in [2.24, 2.45) is 11.7 Å². The Balaban J connectivity index is 3.12. The molecule has 0 spiro atoms. The van der Waals surface area contributed by atoms with Crippen LogP contribution in [0.15, 0.2) is 30.3 Å². The number of amides is 3. The summed E-state index contributed by atoms with van der Waals surface area (Å²) in [5, 5.41) is 26.1. The highest BCUT2D eigenvalue weighted by molar-refractivity contribution is 7.98. The molecule has 3 amide bonds. The fourth-order valence-electron chi connectivity index (χ4n) is 3.26. The van der Waals surface area contributed by atoms with Gasteiger partial charge in [0.15, 0.2) is 0 Å². The molecule has 5 atom stereocenters. The van der Waals surface area contributed by atoms with Gasteiger partial charge in [0.1, 0.15) is 18.1 Å². The lowest BCUT2D eigenvalue weighted by molar-refractivity contribution is -0.143. The maximum atomic E-state index is 13.0. The fourth-order valence-corrected chi connectivity index (χ4v) is 3.73. The molecule has 1 aromatic rings. The van der Waals surface area contributed by atoms with Gasteiger partial charge in [0, 0.05) is 6.42 Å². The Bertz CT molecular complexity index is 900. The Morgan fingerprint density at radius 3 is 2.00 bits per heavy atom. The zero-order valence-corrected chi connectivity index (χ0v) is 21.5. The van der Waals surface area contributed by atoms with E-state index in [4.69, 9.17) is 5.73 Å². The van der Waals surface area contributed by atoms with E-state index in [1.807, 2.05) is 13.2 Å². The molecule has 5 unspecified atom stereocenters. The van der Waals surface area contributed by atoms with Crippen LogP contribution < -0.4 is 21.7 Å². The first kappa shape index (κ1) is 30.9. The van der Waals surface area contributed by atoms with E-state index in [1.54, 1.807) is 37.3 Å². The Labute approximate surface area is 215 Å². The number of benzene rings is 1. The molecule has 0 bridgehead atoms. The molecule has 0 heterocycles. The Kier molecular flexibility index (Phi) is 13.6. The molecule has 200 valence electrons. The molecule has 1 rings (SSSR count). The van der Waals surface area contributed by atoms with Crippen molar-refractivity contribution in [3.8, 4) is 0 Å². The zero-order valence-electron chi connectivity index (χ0n) is 20.7. The molecule has 11 nitrogen and oxygen atoms in total. The van der Waals surface area contributed by atoms with Gasteiger partial charge in [-0.2, -0.15) is 11.8 Å². The van der Waals surface area contributed by atoms with E-state index in [1.165, 1.54) is 11.8 Å². The predicted molar refractivity (Wildman–Crippen MR) is 136 cm³/mol. The smallest absolute Gasteiger partial charge is 0.326 e. The summed E-state index contributed by atoms with van der Waals surface area (Å²) in [4.78, 5) is 61.6. The molecule has 0 saturated carbocycles. The summed E-state index contributed by atoms with van der Waals surface area (Å²) in [6.45, 7) is 3.60. The molecule has 0 aliphatic heterocycles. The van der Waals surface area contributed by atoms with Crippen LogP contribution >= 0.6 is 11.8 Å². The van der Waals surface area contributed by atoms with Crippen molar-refractivity contribution < 1.29 is 34.2 Å². The minimum Gasteiger partial charge on any atom is -0.481 e. The number of carboxylic acid groups (broad SMARTS) is 2. The van der Waals surface area contributed by atoms with Gasteiger partial charge in [-0.15, -0.1) is 0 Å². The standard InChI is InChI=1S/C24H36N4O7S/c1-4-14(2)20(25)23(33)28-18(13-19(29)30)22(32)27-17(12-15-8-6-5-7-9-15)21(31)26-16(24(34)35)10-11-36-3/h5-9,14,16-18,20H,4,10-13,25H2,1-3H3,(H,26,31)(H,27,32)(H,28,33)(H,29,30)(H,34,35). The zero-order chi connectivity index (χ0) is 27.3. The normalized spacial score (nSPS) is 15.0. The third-order valence-corrected chi connectivity index (χ3v) is 6.36. The number of nitrogens with two attached hydrogens (primary N) is 1. The quantitative estimate of drug-likeness (QED) is 0.177. The van der Waals surface area contributed by atoms with Crippen LogP contribution in [0.1, 0.15) is 38.7 Å². The second-order valence-corrected chi connectivity index (χ2v) is 9.49. The summed E-state index contributed by atoms with van der Waals surface area (Å²) >= 11 is 1.43. The average Bonchev–Trinajstić information content (AvgIpc) is 2.84. The highest BCUT2D eigenvalue weighted by Gasteiger charge is 2.32. The van der Waals surface area contributed by atoms with E-state index >= 15 is 0 Å². The predicted octanol–water partition coefficient (Wildman–Crippen LogP) is 0.369. The molecule has 0 aliphatic carbocycles. The van der Waals surface area contributed by atoms with E-state index < -0.39 is 60.2 Å². The second kappa shape index (κ2) is 15.8. The van der Waals surface area contributed by atoms with Crippen molar-refractivity contribution in [1.82, 2.24) is 16.0 Å². The first-order chi connectivity index (χ1) is 17.0. The summed E-state index contributed by atoms with van der Waals surface area (Å²) in [6, 6.07) is 3.92. The van der Waals surface area contributed by atoms with Gasteiger partial charge in [-0.05, 0) is 29.9 Å². The summed E-state index contributed by atoms with van der Waals surface area (Å²) in [7, 11) is 0. The summed E-state index contributed by atoms with van der Waals surface area (Å²) in [6.07, 6.45) is 1.89.